The van der Waals surface area contributed by atoms with E-state index in [0.29, 0.717) is 6.54 Å². The lowest BCUT2D eigenvalue weighted by Crippen LogP contribution is -2.39. The quantitative estimate of drug-likeness (QED) is 0.876. The van der Waals surface area contributed by atoms with Crippen LogP contribution < -0.4 is 4.90 Å². The van der Waals surface area contributed by atoms with E-state index in [1.54, 1.807) is 20.0 Å². The number of likely N-dealkylation sites (N-methyl/N-ethyl adjacent to an activating group) is 1. The van der Waals surface area contributed by atoms with Crippen LogP contribution in [-0.2, 0) is 0 Å². The second-order valence-corrected chi connectivity index (χ2v) is 5.02. The molecule has 6 heteroatoms. The smallest absolute Gasteiger partial charge is 0.203 e. The number of nitrogens with zero attached hydrogens (tertiary/aromatic N) is 5. The number of hydrogen-bond donors (Lipinski definition) is 1. The van der Waals surface area contributed by atoms with Crippen molar-refractivity contribution in [3.8, 4) is 0 Å². The van der Waals surface area contributed by atoms with Crippen LogP contribution in [0.15, 0.2) is 12.4 Å². The maximum atomic E-state index is 9.95. The van der Waals surface area contributed by atoms with E-state index < -0.39 is 5.60 Å². The van der Waals surface area contributed by atoms with E-state index in [1.165, 1.54) is 0 Å². The first kappa shape index (κ1) is 12.8. The van der Waals surface area contributed by atoms with Crippen LogP contribution >= 0.6 is 0 Å². The fourth-order valence-corrected chi connectivity index (χ4v) is 1.96. The van der Waals surface area contributed by atoms with E-state index in [1.807, 2.05) is 29.3 Å². The van der Waals surface area contributed by atoms with Gasteiger partial charge in [0.2, 0.25) is 5.65 Å². The van der Waals surface area contributed by atoms with E-state index in [2.05, 4.69) is 15.2 Å². The van der Waals surface area contributed by atoms with E-state index in [9.17, 15) is 5.11 Å². The number of hydrogen-bond acceptors (Lipinski definition) is 5. The van der Waals surface area contributed by atoms with E-state index in [0.717, 1.165) is 23.8 Å². The van der Waals surface area contributed by atoms with E-state index >= 15 is 0 Å². The van der Waals surface area contributed by atoms with Crippen LogP contribution in [0.3, 0.4) is 0 Å². The second-order valence-electron chi connectivity index (χ2n) is 5.02. The molecule has 0 aliphatic carbocycles. The average Bonchev–Trinajstić information content (AvgIpc) is 2.67. The summed E-state index contributed by atoms with van der Waals surface area (Å²) in [5, 5.41) is 18.1. The van der Waals surface area contributed by atoms with Gasteiger partial charge in [-0.3, -0.25) is 4.40 Å². The van der Waals surface area contributed by atoms with Gasteiger partial charge in [0.25, 0.3) is 0 Å². The molecule has 2 aromatic heterocycles. The van der Waals surface area contributed by atoms with Crippen molar-refractivity contribution in [2.24, 2.45) is 0 Å². The minimum Gasteiger partial charge on any atom is -0.389 e. The summed E-state index contributed by atoms with van der Waals surface area (Å²) < 4.78 is 1.90. The van der Waals surface area contributed by atoms with Crippen molar-refractivity contribution >= 4 is 11.5 Å². The highest BCUT2D eigenvalue weighted by Gasteiger charge is 2.21. The molecule has 2 aromatic rings. The van der Waals surface area contributed by atoms with Gasteiger partial charge in [0.15, 0.2) is 5.82 Å². The van der Waals surface area contributed by atoms with Gasteiger partial charge in [-0.05, 0) is 27.7 Å². The van der Waals surface area contributed by atoms with Gasteiger partial charge in [-0.25, -0.2) is 4.98 Å². The minimum atomic E-state index is -0.778. The van der Waals surface area contributed by atoms with Gasteiger partial charge in [-0.15, -0.1) is 10.2 Å². The van der Waals surface area contributed by atoms with Crippen LogP contribution in [0.5, 0.6) is 0 Å². The Balaban J connectivity index is 2.45. The number of aliphatic hydroxyl groups is 1. The lowest BCUT2D eigenvalue weighted by atomic mass is 10.1. The topological polar surface area (TPSA) is 66.5 Å². The van der Waals surface area contributed by atoms with Crippen molar-refractivity contribution in [1.29, 1.82) is 0 Å². The molecule has 0 unspecified atom stereocenters. The summed E-state index contributed by atoms with van der Waals surface area (Å²) in [6.07, 6.45) is 3.57. The molecule has 98 valence electrons. The van der Waals surface area contributed by atoms with E-state index in [-0.39, 0.29) is 0 Å². The standard InChI is InChI=1S/C12H19N5O/c1-5-16(8-12(3,4)18)10-11-15-14-9(2)17(11)7-6-13-10/h6-7,18H,5,8H2,1-4H3. The summed E-state index contributed by atoms with van der Waals surface area (Å²) in [5.74, 6) is 1.58. The molecule has 18 heavy (non-hydrogen) atoms. The summed E-state index contributed by atoms with van der Waals surface area (Å²) >= 11 is 0. The highest BCUT2D eigenvalue weighted by atomic mass is 16.3. The normalized spacial score (nSPS) is 12.1. The monoisotopic (exact) mass is 249 g/mol. The zero-order chi connectivity index (χ0) is 13.3. The molecular weight excluding hydrogens is 230 g/mol. The fourth-order valence-electron chi connectivity index (χ4n) is 1.96. The van der Waals surface area contributed by atoms with Crippen LogP contribution in [0, 0.1) is 6.92 Å². The lowest BCUT2D eigenvalue weighted by molar-refractivity contribution is 0.0874. The predicted octanol–water partition coefficient (Wildman–Crippen LogP) is 1.03. The maximum Gasteiger partial charge on any atom is 0.203 e. The fraction of sp³-hybridized carbons (Fsp3) is 0.583. The van der Waals surface area contributed by atoms with Crippen molar-refractivity contribution in [2.45, 2.75) is 33.3 Å². The second kappa shape index (κ2) is 4.53. The molecule has 0 aliphatic heterocycles. The molecule has 0 spiro atoms. The summed E-state index contributed by atoms with van der Waals surface area (Å²) in [7, 11) is 0. The van der Waals surface area contributed by atoms with Gasteiger partial charge in [0.05, 0.1) is 5.60 Å². The third kappa shape index (κ3) is 2.43. The zero-order valence-corrected chi connectivity index (χ0v) is 11.3. The van der Waals surface area contributed by atoms with Crippen LogP contribution in [0.1, 0.15) is 26.6 Å². The van der Waals surface area contributed by atoms with Crippen molar-refractivity contribution < 1.29 is 5.11 Å². The Kier molecular flexibility index (Phi) is 3.21. The summed E-state index contributed by atoms with van der Waals surface area (Å²) in [4.78, 5) is 6.37. The first-order valence-electron chi connectivity index (χ1n) is 6.06. The van der Waals surface area contributed by atoms with Crippen molar-refractivity contribution in [3.05, 3.63) is 18.2 Å². The Labute approximate surface area is 106 Å². The molecular formula is C12H19N5O. The number of aryl methyl sites for hydroxylation is 1. The maximum absolute atomic E-state index is 9.95. The van der Waals surface area contributed by atoms with Crippen molar-refractivity contribution in [2.75, 3.05) is 18.0 Å². The van der Waals surface area contributed by atoms with Gasteiger partial charge >= 0.3 is 0 Å². The third-order valence-corrected chi connectivity index (χ3v) is 2.74. The van der Waals surface area contributed by atoms with Gasteiger partial charge in [0, 0.05) is 25.5 Å². The largest absolute Gasteiger partial charge is 0.389 e. The number of rotatable bonds is 4. The molecule has 0 radical (unpaired) electrons. The molecule has 1 N–H and O–H groups in total. The average molecular weight is 249 g/mol. The van der Waals surface area contributed by atoms with Crippen LogP contribution in [-0.4, -0.2) is 43.4 Å². The number of fused-ring (bicyclic) bond motifs is 1. The molecule has 0 saturated carbocycles. The summed E-state index contributed by atoms with van der Waals surface area (Å²) in [5.41, 5.74) is -0.0549. The molecule has 2 rings (SSSR count). The zero-order valence-electron chi connectivity index (χ0n) is 11.3. The Hall–Kier alpha value is -1.69. The number of anilines is 1. The molecule has 2 heterocycles. The molecule has 0 aliphatic rings. The molecule has 0 atom stereocenters. The lowest BCUT2D eigenvalue weighted by Gasteiger charge is -2.28. The highest BCUT2D eigenvalue weighted by molar-refractivity contribution is 5.63. The predicted molar refractivity (Wildman–Crippen MR) is 69.7 cm³/mol. The van der Waals surface area contributed by atoms with Crippen LogP contribution in [0.4, 0.5) is 5.82 Å². The Bertz CT molecular complexity index is 543. The van der Waals surface area contributed by atoms with Crippen molar-refractivity contribution in [1.82, 2.24) is 19.6 Å². The van der Waals surface area contributed by atoms with Gasteiger partial charge in [0.1, 0.15) is 5.82 Å². The van der Waals surface area contributed by atoms with Crippen LogP contribution in [0.2, 0.25) is 0 Å². The Morgan fingerprint density at radius 3 is 2.72 bits per heavy atom. The summed E-state index contributed by atoms with van der Waals surface area (Å²) in [6.45, 7) is 8.75. The highest BCUT2D eigenvalue weighted by Crippen LogP contribution is 2.19. The molecule has 0 fully saturated rings. The van der Waals surface area contributed by atoms with Crippen LogP contribution in [0.25, 0.3) is 5.65 Å². The minimum absolute atomic E-state index is 0.502. The summed E-state index contributed by atoms with van der Waals surface area (Å²) in [6, 6.07) is 0. The molecule has 0 aromatic carbocycles. The van der Waals surface area contributed by atoms with Gasteiger partial charge in [-0.1, -0.05) is 0 Å². The van der Waals surface area contributed by atoms with Gasteiger partial charge in [-0.2, -0.15) is 0 Å². The molecule has 0 amide bonds. The molecule has 0 saturated heterocycles. The molecule has 6 nitrogen and oxygen atoms in total. The van der Waals surface area contributed by atoms with E-state index in [4.69, 9.17) is 0 Å². The first-order valence-corrected chi connectivity index (χ1v) is 6.06. The Morgan fingerprint density at radius 1 is 1.39 bits per heavy atom. The van der Waals surface area contributed by atoms with Gasteiger partial charge < -0.3 is 10.0 Å². The SMILES string of the molecule is CCN(CC(C)(C)O)c1nccn2c(C)nnc12. The molecule has 0 bridgehead atoms. The Morgan fingerprint density at radius 2 is 2.11 bits per heavy atom. The third-order valence-electron chi connectivity index (χ3n) is 2.74. The van der Waals surface area contributed by atoms with Crippen molar-refractivity contribution in [3.63, 3.8) is 0 Å². The number of aromatic nitrogens is 4. The first-order chi connectivity index (χ1) is 8.42.